The highest BCUT2D eigenvalue weighted by Crippen LogP contribution is 2.02. The summed E-state index contributed by atoms with van der Waals surface area (Å²) in [6, 6.07) is 2.09. The predicted molar refractivity (Wildman–Crippen MR) is 49.8 cm³/mol. The molecule has 12 heavy (non-hydrogen) atoms. The summed E-state index contributed by atoms with van der Waals surface area (Å²) in [5.41, 5.74) is 0. The normalized spacial score (nSPS) is 12.4. The minimum Gasteiger partial charge on any atom is -0.377 e. The van der Waals surface area contributed by atoms with Gasteiger partial charge in [0, 0.05) is 6.61 Å². The van der Waals surface area contributed by atoms with Gasteiger partial charge in [-0.2, -0.15) is 5.26 Å². The Bertz CT molecular complexity index is 128. The van der Waals surface area contributed by atoms with Gasteiger partial charge in [-0.05, 0) is 13.3 Å². The van der Waals surface area contributed by atoms with Gasteiger partial charge in [0.25, 0.3) is 0 Å². The molecule has 0 aliphatic rings. The molecule has 0 amide bonds. The lowest BCUT2D eigenvalue weighted by molar-refractivity contribution is 0.0664. The van der Waals surface area contributed by atoms with Gasteiger partial charge in [-0.1, -0.05) is 26.2 Å². The second-order valence-corrected chi connectivity index (χ2v) is 3.10. The van der Waals surface area contributed by atoms with Crippen LogP contribution in [0.25, 0.3) is 0 Å². The summed E-state index contributed by atoms with van der Waals surface area (Å²) in [5.74, 6) is 0. The molecule has 0 saturated heterocycles. The van der Waals surface area contributed by atoms with Crippen LogP contribution in [0.1, 0.15) is 46.0 Å². The van der Waals surface area contributed by atoms with Crippen molar-refractivity contribution in [3.8, 4) is 6.07 Å². The van der Waals surface area contributed by atoms with E-state index in [0.717, 1.165) is 13.0 Å². The maximum atomic E-state index is 8.35. The van der Waals surface area contributed by atoms with Crippen LogP contribution < -0.4 is 0 Å². The Morgan fingerprint density at radius 2 is 2.08 bits per heavy atom. The third kappa shape index (κ3) is 7.56. The first-order valence-corrected chi connectivity index (χ1v) is 4.79. The molecule has 0 radical (unpaired) electrons. The maximum Gasteiger partial charge on any atom is 0.0676 e. The van der Waals surface area contributed by atoms with Crippen LogP contribution in [0.5, 0.6) is 0 Å². The molecule has 0 heterocycles. The lowest BCUT2D eigenvalue weighted by Gasteiger charge is -2.08. The molecule has 2 nitrogen and oxygen atoms in total. The fraction of sp³-hybridized carbons (Fsp3) is 0.900. The average molecular weight is 169 g/mol. The molecule has 1 unspecified atom stereocenters. The van der Waals surface area contributed by atoms with Crippen molar-refractivity contribution in [1.29, 1.82) is 5.26 Å². The Labute approximate surface area is 75.5 Å². The Kier molecular flexibility index (Phi) is 8.15. The van der Waals surface area contributed by atoms with E-state index < -0.39 is 0 Å². The Morgan fingerprint density at radius 1 is 1.33 bits per heavy atom. The highest BCUT2D eigenvalue weighted by molar-refractivity contribution is 4.73. The summed E-state index contributed by atoms with van der Waals surface area (Å²) in [7, 11) is 0. The molecule has 70 valence electrons. The lowest BCUT2D eigenvalue weighted by Crippen LogP contribution is -2.07. The SMILES string of the molecule is CCCCCCOC(C)CC#N. The third-order valence-corrected chi connectivity index (χ3v) is 1.78. The summed E-state index contributed by atoms with van der Waals surface area (Å²) >= 11 is 0. The standard InChI is InChI=1S/C10H19NO/c1-3-4-5-6-9-12-10(2)7-8-11/h10H,3-7,9H2,1-2H3. The molecule has 0 aromatic rings. The van der Waals surface area contributed by atoms with Gasteiger partial charge in [-0.3, -0.25) is 0 Å². The van der Waals surface area contributed by atoms with Crippen LogP contribution in [0, 0.1) is 11.3 Å². The molecule has 0 rings (SSSR count). The van der Waals surface area contributed by atoms with Gasteiger partial charge in [-0.15, -0.1) is 0 Å². The first-order valence-electron chi connectivity index (χ1n) is 4.79. The largest absolute Gasteiger partial charge is 0.377 e. The molecule has 0 aliphatic carbocycles. The molecule has 0 aromatic heterocycles. The van der Waals surface area contributed by atoms with Gasteiger partial charge < -0.3 is 4.74 Å². The van der Waals surface area contributed by atoms with E-state index in [4.69, 9.17) is 10.00 Å². The van der Waals surface area contributed by atoms with E-state index in [0.29, 0.717) is 6.42 Å². The fourth-order valence-electron chi connectivity index (χ4n) is 1.00. The topological polar surface area (TPSA) is 33.0 Å². The van der Waals surface area contributed by atoms with Crippen LogP contribution in [-0.2, 0) is 4.74 Å². The van der Waals surface area contributed by atoms with Crippen LogP contribution in [0.15, 0.2) is 0 Å². The lowest BCUT2D eigenvalue weighted by atomic mass is 10.2. The second kappa shape index (κ2) is 8.55. The van der Waals surface area contributed by atoms with Crippen LogP contribution in [0.4, 0.5) is 0 Å². The van der Waals surface area contributed by atoms with Crippen molar-refractivity contribution < 1.29 is 4.74 Å². The third-order valence-electron chi connectivity index (χ3n) is 1.78. The molecular weight excluding hydrogens is 150 g/mol. The van der Waals surface area contributed by atoms with Crippen molar-refractivity contribution in [1.82, 2.24) is 0 Å². The second-order valence-electron chi connectivity index (χ2n) is 3.10. The van der Waals surface area contributed by atoms with Crippen LogP contribution in [-0.4, -0.2) is 12.7 Å². The molecule has 0 aliphatic heterocycles. The van der Waals surface area contributed by atoms with E-state index in [1.165, 1.54) is 19.3 Å². The first-order chi connectivity index (χ1) is 5.81. The smallest absolute Gasteiger partial charge is 0.0676 e. The summed E-state index contributed by atoms with van der Waals surface area (Å²) < 4.78 is 5.41. The van der Waals surface area contributed by atoms with E-state index in [1.54, 1.807) is 0 Å². The highest BCUT2D eigenvalue weighted by atomic mass is 16.5. The fourth-order valence-corrected chi connectivity index (χ4v) is 1.00. The molecule has 0 spiro atoms. The highest BCUT2D eigenvalue weighted by Gasteiger charge is 1.99. The predicted octanol–water partition coefficient (Wildman–Crippen LogP) is 2.89. The van der Waals surface area contributed by atoms with Crippen molar-refractivity contribution in [3.63, 3.8) is 0 Å². The zero-order valence-electron chi connectivity index (χ0n) is 8.18. The quantitative estimate of drug-likeness (QED) is 0.549. The van der Waals surface area contributed by atoms with Crippen molar-refractivity contribution in [2.45, 2.75) is 52.1 Å². The van der Waals surface area contributed by atoms with E-state index in [2.05, 4.69) is 13.0 Å². The minimum atomic E-state index is 0.108. The van der Waals surface area contributed by atoms with Crippen molar-refractivity contribution >= 4 is 0 Å². The minimum absolute atomic E-state index is 0.108. The molecular formula is C10H19NO. The average Bonchev–Trinajstić information content (AvgIpc) is 2.05. The Balaban J connectivity index is 3.04. The van der Waals surface area contributed by atoms with Gasteiger partial charge >= 0.3 is 0 Å². The monoisotopic (exact) mass is 169 g/mol. The molecule has 0 bridgehead atoms. The Morgan fingerprint density at radius 3 is 2.67 bits per heavy atom. The summed E-state index contributed by atoms with van der Waals surface area (Å²) in [6.45, 7) is 4.95. The van der Waals surface area contributed by atoms with Gasteiger partial charge in [0.05, 0.1) is 18.6 Å². The number of hydrogen-bond donors (Lipinski definition) is 0. The van der Waals surface area contributed by atoms with Crippen molar-refractivity contribution in [2.75, 3.05) is 6.61 Å². The van der Waals surface area contributed by atoms with Crippen LogP contribution in [0.2, 0.25) is 0 Å². The molecule has 2 heteroatoms. The zero-order valence-corrected chi connectivity index (χ0v) is 8.18. The molecule has 0 aromatic carbocycles. The first kappa shape index (κ1) is 11.4. The van der Waals surface area contributed by atoms with E-state index >= 15 is 0 Å². The number of ether oxygens (including phenoxy) is 1. The number of hydrogen-bond acceptors (Lipinski definition) is 2. The molecule has 0 saturated carbocycles. The van der Waals surface area contributed by atoms with E-state index in [9.17, 15) is 0 Å². The molecule has 0 fully saturated rings. The number of nitriles is 1. The van der Waals surface area contributed by atoms with Crippen LogP contribution in [0.3, 0.4) is 0 Å². The summed E-state index contributed by atoms with van der Waals surface area (Å²) in [6.07, 6.45) is 5.54. The van der Waals surface area contributed by atoms with Gasteiger partial charge in [0.15, 0.2) is 0 Å². The number of rotatable bonds is 7. The number of unbranched alkanes of at least 4 members (excludes halogenated alkanes) is 3. The number of nitrogens with zero attached hydrogens (tertiary/aromatic N) is 1. The Hall–Kier alpha value is -0.550. The van der Waals surface area contributed by atoms with Gasteiger partial charge in [-0.25, -0.2) is 0 Å². The molecule has 1 atom stereocenters. The van der Waals surface area contributed by atoms with Gasteiger partial charge in [0.1, 0.15) is 0 Å². The van der Waals surface area contributed by atoms with E-state index in [1.807, 2.05) is 6.92 Å². The maximum absolute atomic E-state index is 8.35. The summed E-state index contributed by atoms with van der Waals surface area (Å²) in [5, 5.41) is 8.35. The van der Waals surface area contributed by atoms with Crippen molar-refractivity contribution in [2.24, 2.45) is 0 Å². The van der Waals surface area contributed by atoms with E-state index in [-0.39, 0.29) is 6.10 Å². The zero-order chi connectivity index (χ0) is 9.23. The van der Waals surface area contributed by atoms with Gasteiger partial charge in [0.2, 0.25) is 0 Å². The summed E-state index contributed by atoms with van der Waals surface area (Å²) in [4.78, 5) is 0. The van der Waals surface area contributed by atoms with Crippen LogP contribution >= 0.6 is 0 Å². The van der Waals surface area contributed by atoms with Crippen molar-refractivity contribution in [3.05, 3.63) is 0 Å². The molecule has 0 N–H and O–H groups in total.